The fraction of sp³-hybridized carbons (Fsp3) is 0.619. The number of fused-ring (bicyclic) bond motifs is 1. The molecule has 0 aromatic heterocycles. The lowest BCUT2D eigenvalue weighted by atomic mass is 9.81. The van der Waals surface area contributed by atoms with Crippen LogP contribution in [0.5, 0.6) is 0 Å². The number of carbonyl (C=O) groups is 2. The highest BCUT2D eigenvalue weighted by Crippen LogP contribution is 2.48. The van der Waals surface area contributed by atoms with E-state index in [9.17, 15) is 14.7 Å². The Morgan fingerprint density at radius 3 is 2.70 bits per heavy atom. The molecule has 2 atom stereocenters. The number of aliphatic carboxylic acids is 1. The minimum absolute atomic E-state index is 0.0955. The number of hydrogen-bond donors (Lipinski definition) is 2. The normalized spacial score (nSPS) is 24.3. The molecule has 6 heteroatoms. The third-order valence-electron chi connectivity index (χ3n) is 6.32. The Morgan fingerprint density at radius 1 is 1.30 bits per heavy atom. The van der Waals surface area contributed by atoms with E-state index < -0.39 is 11.4 Å². The summed E-state index contributed by atoms with van der Waals surface area (Å²) < 4.78 is 0. The third kappa shape index (κ3) is 4.10. The smallest absolute Gasteiger partial charge is 0.317 e. The zero-order valence-electron chi connectivity index (χ0n) is 16.4. The molecule has 0 unspecified atom stereocenters. The van der Waals surface area contributed by atoms with Gasteiger partial charge in [-0.15, -0.1) is 0 Å². The fourth-order valence-electron chi connectivity index (χ4n) is 4.63. The van der Waals surface area contributed by atoms with Crippen molar-refractivity contribution in [1.29, 1.82) is 0 Å². The van der Waals surface area contributed by atoms with Crippen molar-refractivity contribution in [3.63, 3.8) is 0 Å². The Morgan fingerprint density at radius 2 is 2.04 bits per heavy atom. The quantitative estimate of drug-likeness (QED) is 0.771. The van der Waals surface area contributed by atoms with Crippen LogP contribution in [0, 0.1) is 11.3 Å². The van der Waals surface area contributed by atoms with Gasteiger partial charge >= 0.3 is 12.0 Å². The minimum atomic E-state index is -0.746. The molecule has 1 aliphatic carbocycles. The Hall–Kier alpha value is -2.08. The summed E-state index contributed by atoms with van der Waals surface area (Å²) in [6.07, 6.45) is 2.54. The molecule has 0 radical (unpaired) electrons. The van der Waals surface area contributed by atoms with E-state index >= 15 is 0 Å². The molecule has 2 fully saturated rings. The van der Waals surface area contributed by atoms with Gasteiger partial charge in [0.15, 0.2) is 0 Å². The average Bonchev–Trinajstić information content (AvgIpc) is 3.23. The van der Waals surface area contributed by atoms with Crippen molar-refractivity contribution in [3.05, 3.63) is 35.4 Å². The van der Waals surface area contributed by atoms with Crippen molar-refractivity contribution in [2.75, 3.05) is 26.2 Å². The Bertz CT molecular complexity index is 689. The summed E-state index contributed by atoms with van der Waals surface area (Å²) in [4.78, 5) is 28.4. The summed E-state index contributed by atoms with van der Waals surface area (Å²) in [5.74, 6) is -0.650. The Labute approximate surface area is 161 Å². The van der Waals surface area contributed by atoms with Crippen LogP contribution in [0.15, 0.2) is 24.3 Å². The lowest BCUT2D eigenvalue weighted by molar-refractivity contribution is -0.149. The minimum Gasteiger partial charge on any atom is -0.481 e. The SMILES string of the molecule is CCN(CC)Cc1cccc(CNC(=O)N2C[C@@H]3CCC[C@@]3(C(=O)O)C2)c1. The highest BCUT2D eigenvalue weighted by Gasteiger charge is 2.55. The van der Waals surface area contributed by atoms with Crippen LogP contribution in [0.1, 0.15) is 44.2 Å². The molecule has 3 rings (SSSR count). The molecule has 1 aromatic carbocycles. The first-order valence-corrected chi connectivity index (χ1v) is 10.0. The van der Waals surface area contributed by atoms with Crippen molar-refractivity contribution in [1.82, 2.24) is 15.1 Å². The second-order valence-corrected chi connectivity index (χ2v) is 7.87. The van der Waals surface area contributed by atoms with Crippen LogP contribution in [0.25, 0.3) is 0 Å². The van der Waals surface area contributed by atoms with Gasteiger partial charge in [-0.25, -0.2) is 4.79 Å². The molecule has 1 aliphatic heterocycles. The standard InChI is InChI=1S/C21H31N3O3/c1-3-23(4-2)13-17-8-5-7-16(11-17)12-22-20(27)24-14-18-9-6-10-21(18,15-24)19(25)26/h5,7-8,11,18H,3-4,6,9-10,12-15H2,1-2H3,(H,22,27)(H,25,26)/t18-,21+/m0/s1. The Kier molecular flexibility index (Phi) is 6.05. The van der Waals surface area contributed by atoms with E-state index in [1.807, 2.05) is 12.1 Å². The summed E-state index contributed by atoms with van der Waals surface area (Å²) >= 11 is 0. The first-order chi connectivity index (χ1) is 13.0. The molecule has 148 valence electrons. The number of nitrogens with zero attached hydrogens (tertiary/aromatic N) is 2. The van der Waals surface area contributed by atoms with Crippen LogP contribution >= 0.6 is 0 Å². The van der Waals surface area contributed by atoms with Crippen LogP contribution in [-0.4, -0.2) is 53.1 Å². The predicted octanol–water partition coefficient (Wildman–Crippen LogP) is 2.92. The van der Waals surface area contributed by atoms with Crippen LogP contribution in [0.3, 0.4) is 0 Å². The summed E-state index contributed by atoms with van der Waals surface area (Å²) in [6.45, 7) is 8.60. The van der Waals surface area contributed by atoms with Gasteiger partial charge in [0, 0.05) is 26.2 Å². The van der Waals surface area contributed by atoms with Gasteiger partial charge in [-0.3, -0.25) is 9.69 Å². The summed E-state index contributed by atoms with van der Waals surface area (Å²) in [7, 11) is 0. The Balaban J connectivity index is 1.56. The number of hydrogen-bond acceptors (Lipinski definition) is 3. The summed E-state index contributed by atoms with van der Waals surface area (Å²) in [6, 6.07) is 8.14. The lowest BCUT2D eigenvalue weighted by Crippen LogP contribution is -2.41. The molecule has 6 nitrogen and oxygen atoms in total. The zero-order chi connectivity index (χ0) is 19.4. The number of amides is 2. The largest absolute Gasteiger partial charge is 0.481 e. The number of carboxylic acids is 1. The number of benzene rings is 1. The highest BCUT2D eigenvalue weighted by atomic mass is 16.4. The van der Waals surface area contributed by atoms with E-state index in [-0.39, 0.29) is 11.9 Å². The van der Waals surface area contributed by atoms with Crippen LogP contribution in [-0.2, 0) is 17.9 Å². The monoisotopic (exact) mass is 373 g/mol. The number of carbonyl (C=O) groups excluding carboxylic acids is 1. The molecule has 1 aromatic rings. The maximum atomic E-state index is 12.6. The van der Waals surface area contributed by atoms with Gasteiger partial charge in [0.25, 0.3) is 0 Å². The van der Waals surface area contributed by atoms with Gasteiger partial charge in [0.1, 0.15) is 0 Å². The van der Waals surface area contributed by atoms with Gasteiger partial charge in [-0.2, -0.15) is 0 Å². The van der Waals surface area contributed by atoms with Crippen LogP contribution < -0.4 is 5.32 Å². The molecule has 27 heavy (non-hydrogen) atoms. The van der Waals surface area contributed by atoms with E-state index in [0.29, 0.717) is 26.1 Å². The summed E-state index contributed by atoms with van der Waals surface area (Å²) in [5.41, 5.74) is 1.59. The maximum absolute atomic E-state index is 12.6. The third-order valence-corrected chi connectivity index (χ3v) is 6.32. The number of nitrogens with one attached hydrogen (secondary N) is 1. The molecule has 1 saturated carbocycles. The van der Waals surface area contributed by atoms with Crippen LogP contribution in [0.4, 0.5) is 4.79 Å². The van der Waals surface area contributed by atoms with Gasteiger partial charge in [-0.1, -0.05) is 44.5 Å². The second-order valence-electron chi connectivity index (χ2n) is 7.87. The average molecular weight is 373 g/mol. The molecule has 1 saturated heterocycles. The lowest BCUT2D eigenvalue weighted by Gasteiger charge is -2.23. The van der Waals surface area contributed by atoms with Gasteiger partial charge in [0.2, 0.25) is 0 Å². The molecular formula is C21H31N3O3. The van der Waals surface area contributed by atoms with Crippen molar-refractivity contribution in [2.24, 2.45) is 11.3 Å². The molecule has 0 spiro atoms. The molecule has 2 N–H and O–H groups in total. The van der Waals surface area contributed by atoms with E-state index in [1.54, 1.807) is 4.90 Å². The van der Waals surface area contributed by atoms with Crippen molar-refractivity contribution >= 4 is 12.0 Å². The van der Waals surface area contributed by atoms with Crippen molar-refractivity contribution in [2.45, 2.75) is 46.2 Å². The maximum Gasteiger partial charge on any atom is 0.317 e. The molecule has 1 heterocycles. The predicted molar refractivity (Wildman–Crippen MR) is 104 cm³/mol. The molecule has 2 aliphatic rings. The number of likely N-dealkylation sites (tertiary alicyclic amines) is 1. The van der Waals surface area contributed by atoms with Gasteiger partial charge in [-0.05, 0) is 43.0 Å². The zero-order valence-corrected chi connectivity index (χ0v) is 16.4. The topological polar surface area (TPSA) is 72.9 Å². The molecule has 2 amide bonds. The van der Waals surface area contributed by atoms with Crippen molar-refractivity contribution in [3.8, 4) is 0 Å². The second kappa shape index (κ2) is 8.30. The number of rotatable bonds is 7. The molecular weight excluding hydrogens is 342 g/mol. The van der Waals surface area contributed by atoms with Crippen LogP contribution in [0.2, 0.25) is 0 Å². The van der Waals surface area contributed by atoms with E-state index in [2.05, 4.69) is 36.2 Å². The highest BCUT2D eigenvalue weighted by molar-refractivity contribution is 5.80. The molecule has 0 bridgehead atoms. The van der Waals surface area contributed by atoms with Crippen molar-refractivity contribution < 1.29 is 14.7 Å². The fourth-order valence-corrected chi connectivity index (χ4v) is 4.63. The number of carboxylic acid groups (broad SMARTS) is 1. The first-order valence-electron chi connectivity index (χ1n) is 10.0. The van der Waals surface area contributed by atoms with Gasteiger partial charge in [0.05, 0.1) is 5.41 Å². The van der Waals surface area contributed by atoms with E-state index in [1.165, 1.54) is 5.56 Å². The number of urea groups is 1. The first kappa shape index (κ1) is 19.7. The van der Waals surface area contributed by atoms with Gasteiger partial charge < -0.3 is 15.3 Å². The van der Waals surface area contributed by atoms with E-state index in [0.717, 1.165) is 38.0 Å². The summed E-state index contributed by atoms with van der Waals surface area (Å²) in [5, 5.41) is 12.6. The van der Waals surface area contributed by atoms with E-state index in [4.69, 9.17) is 0 Å².